The number of piperazine rings is 2. The Morgan fingerprint density at radius 3 is 1.40 bits per heavy atom. The molecule has 0 atom stereocenters. The first-order chi connectivity index (χ1) is 23.1. The minimum Gasteiger partial charge on any atom is -0.369 e. The Bertz CT molecular complexity index is 1560. The van der Waals surface area contributed by atoms with Crippen molar-refractivity contribution in [2.45, 2.75) is 0 Å². The Morgan fingerprint density at radius 1 is 0.553 bits per heavy atom. The molecule has 2 aromatic heterocycles. The summed E-state index contributed by atoms with van der Waals surface area (Å²) in [5.74, 6) is 2.41. The summed E-state index contributed by atoms with van der Waals surface area (Å²) in [6, 6.07) is 24.4. The topological polar surface area (TPSA) is 21.8 Å². The molecule has 0 saturated carbocycles. The van der Waals surface area contributed by atoms with Crippen LogP contribution in [0.3, 0.4) is 0 Å². The molecular weight excluding hydrogens is 617 g/mol. The number of anilines is 2. The first kappa shape index (κ1) is 33.5. The van der Waals surface area contributed by atoms with E-state index in [1.807, 2.05) is 7.05 Å². The predicted octanol–water partition coefficient (Wildman–Crippen LogP) is 6.52. The van der Waals surface area contributed by atoms with Gasteiger partial charge in [-0.15, -0.1) is 0 Å². The average molecular weight is 666 g/mol. The molecule has 0 radical (unpaired) electrons. The number of pyridine rings is 1. The predicted molar refractivity (Wildman–Crippen MR) is 206 cm³/mol. The highest BCUT2D eigenvalue weighted by Gasteiger charge is 2.18. The van der Waals surface area contributed by atoms with Gasteiger partial charge in [-0.1, -0.05) is 70.2 Å². The van der Waals surface area contributed by atoms with Gasteiger partial charge in [0.25, 0.3) is 0 Å². The van der Waals surface area contributed by atoms with Gasteiger partial charge < -0.3 is 14.4 Å². The number of rotatable bonds is 13. The molecule has 0 N–H and O–H groups in total. The van der Waals surface area contributed by atoms with Crippen molar-refractivity contribution in [3.05, 3.63) is 114 Å². The summed E-state index contributed by atoms with van der Waals surface area (Å²) in [5.41, 5.74) is 7.62. The van der Waals surface area contributed by atoms with E-state index in [1.165, 1.54) is 58.2 Å². The number of hydrogen-bond donors (Lipinski definition) is 0. The van der Waals surface area contributed by atoms with Crippen LogP contribution in [-0.4, -0.2) is 91.3 Å². The van der Waals surface area contributed by atoms with Crippen LogP contribution in [0, 0.1) is 0 Å². The van der Waals surface area contributed by atoms with E-state index >= 15 is 0 Å². The van der Waals surface area contributed by atoms with Gasteiger partial charge in [-0.2, -0.15) is 0 Å². The Hall–Kier alpha value is -3.43. The molecule has 2 aliphatic heterocycles. The molecule has 4 aromatic rings. The second kappa shape index (κ2) is 17.1. The number of aryl methyl sites for hydroxylation is 2. The Morgan fingerprint density at radius 2 is 0.979 bits per heavy atom. The van der Waals surface area contributed by atoms with Gasteiger partial charge in [0.05, 0.1) is 0 Å². The zero-order chi connectivity index (χ0) is 32.3. The number of hydrogen-bond acceptors (Lipinski definition) is 6. The molecule has 6 nitrogen and oxygen atoms in total. The molecule has 2 aromatic carbocycles. The number of benzene rings is 2. The molecule has 4 heterocycles. The second-order valence-corrected chi connectivity index (χ2v) is 15.3. The third-order valence-electron chi connectivity index (χ3n) is 9.12. The zero-order valence-electron chi connectivity index (χ0n) is 28.0. The lowest BCUT2D eigenvalue weighted by molar-refractivity contribution is -0.671. The van der Waals surface area contributed by atoms with Crippen LogP contribution >= 0.6 is 21.6 Å². The quantitative estimate of drug-likeness (QED) is 0.0916. The summed E-state index contributed by atoms with van der Waals surface area (Å²) in [6.07, 6.45) is 17.1. The fraction of sp³-hybridized carbons (Fsp3) is 0.359. The van der Waals surface area contributed by atoms with Gasteiger partial charge in [0.2, 0.25) is 0 Å². The SMILES string of the molecule is Cn1ccc(/C=C/c2ccc(N3CCN(CCSSCCN4CCN(c5ccc(/C=C/c6cc[n+](C)cc6)cc5)CC4)CC3)cc2)c1. The van der Waals surface area contributed by atoms with Crippen LogP contribution in [0.1, 0.15) is 22.3 Å². The summed E-state index contributed by atoms with van der Waals surface area (Å²) >= 11 is 0. The van der Waals surface area contributed by atoms with Crippen LogP contribution in [0.25, 0.3) is 24.3 Å². The van der Waals surface area contributed by atoms with Crippen molar-refractivity contribution in [3.8, 4) is 0 Å². The Balaban J connectivity index is 0.808. The van der Waals surface area contributed by atoms with Gasteiger partial charge in [0.15, 0.2) is 12.4 Å². The van der Waals surface area contributed by atoms with E-state index in [2.05, 4.69) is 173 Å². The molecule has 0 amide bonds. The maximum absolute atomic E-state index is 2.63. The highest BCUT2D eigenvalue weighted by Crippen LogP contribution is 2.24. The van der Waals surface area contributed by atoms with Crippen molar-refractivity contribution in [1.29, 1.82) is 0 Å². The van der Waals surface area contributed by atoms with Gasteiger partial charge in [0, 0.05) is 120 Å². The molecular formula is C39H49N6S2+. The molecule has 2 saturated heterocycles. The minimum atomic E-state index is 1.11. The lowest BCUT2D eigenvalue weighted by Gasteiger charge is -2.36. The molecule has 0 unspecified atom stereocenters. The van der Waals surface area contributed by atoms with Crippen molar-refractivity contribution in [1.82, 2.24) is 14.4 Å². The summed E-state index contributed by atoms with van der Waals surface area (Å²) in [6.45, 7) is 11.4. The molecule has 2 fully saturated rings. The summed E-state index contributed by atoms with van der Waals surface area (Å²) in [5, 5.41) is 0. The fourth-order valence-corrected chi connectivity index (χ4v) is 8.19. The van der Waals surface area contributed by atoms with Crippen molar-refractivity contribution < 1.29 is 4.57 Å². The van der Waals surface area contributed by atoms with E-state index in [-0.39, 0.29) is 0 Å². The molecule has 0 spiro atoms. The van der Waals surface area contributed by atoms with Crippen molar-refractivity contribution in [2.75, 3.05) is 86.8 Å². The van der Waals surface area contributed by atoms with Gasteiger partial charge >= 0.3 is 0 Å². The number of nitrogens with zero attached hydrogens (tertiary/aromatic N) is 6. The van der Waals surface area contributed by atoms with E-state index in [0.29, 0.717) is 0 Å². The lowest BCUT2D eigenvalue weighted by Crippen LogP contribution is -2.47. The minimum absolute atomic E-state index is 1.11. The van der Waals surface area contributed by atoms with Gasteiger partial charge in [0.1, 0.15) is 7.05 Å². The molecule has 8 heteroatoms. The van der Waals surface area contributed by atoms with Gasteiger partial charge in [-0.25, -0.2) is 4.57 Å². The van der Waals surface area contributed by atoms with Crippen LogP contribution in [0.5, 0.6) is 0 Å². The van der Waals surface area contributed by atoms with Crippen molar-refractivity contribution >= 4 is 57.3 Å². The lowest BCUT2D eigenvalue weighted by atomic mass is 10.1. The first-order valence-corrected chi connectivity index (χ1v) is 19.4. The maximum Gasteiger partial charge on any atom is 0.169 e. The highest BCUT2D eigenvalue weighted by molar-refractivity contribution is 8.76. The van der Waals surface area contributed by atoms with E-state index in [4.69, 9.17) is 0 Å². The Labute approximate surface area is 289 Å². The van der Waals surface area contributed by atoms with Crippen LogP contribution in [0.2, 0.25) is 0 Å². The summed E-state index contributed by atoms with van der Waals surface area (Å²) in [7, 11) is 8.20. The third kappa shape index (κ3) is 10.3. The third-order valence-corrected chi connectivity index (χ3v) is 11.5. The molecule has 0 aliphatic carbocycles. The van der Waals surface area contributed by atoms with Crippen LogP contribution < -0.4 is 14.4 Å². The largest absolute Gasteiger partial charge is 0.369 e. The molecule has 0 bridgehead atoms. The van der Waals surface area contributed by atoms with Crippen molar-refractivity contribution in [2.24, 2.45) is 14.1 Å². The molecule has 2 aliphatic rings. The van der Waals surface area contributed by atoms with E-state index in [0.717, 1.165) is 52.4 Å². The average Bonchev–Trinajstić information content (AvgIpc) is 3.54. The van der Waals surface area contributed by atoms with E-state index in [9.17, 15) is 0 Å². The fourth-order valence-electron chi connectivity index (χ4n) is 6.13. The summed E-state index contributed by atoms with van der Waals surface area (Å²) < 4.78 is 4.14. The molecule has 47 heavy (non-hydrogen) atoms. The zero-order valence-corrected chi connectivity index (χ0v) is 29.6. The van der Waals surface area contributed by atoms with E-state index in [1.54, 1.807) is 0 Å². The normalized spacial score (nSPS) is 16.6. The van der Waals surface area contributed by atoms with Crippen LogP contribution in [0.4, 0.5) is 11.4 Å². The standard InChI is InChI=1S/C39H49N6S2/c1-40-18-15-36(16-19-40)4-3-34-7-11-38(12-8-34)44-25-21-42(22-26-44)29-31-46-47-32-30-43-23-27-45(28-24-43)39-13-9-35(10-14-39)5-6-37-17-20-41(2)33-37/h3-20,33H,21-32H2,1-2H3/q+1/b6-5+. The van der Waals surface area contributed by atoms with Crippen molar-refractivity contribution in [3.63, 3.8) is 0 Å². The molecule has 6 rings (SSSR count). The van der Waals surface area contributed by atoms with Crippen LogP contribution in [-0.2, 0) is 14.1 Å². The highest BCUT2D eigenvalue weighted by atomic mass is 33.1. The van der Waals surface area contributed by atoms with Gasteiger partial charge in [-0.05, 0) is 52.6 Å². The smallest absolute Gasteiger partial charge is 0.169 e. The first-order valence-electron chi connectivity index (χ1n) is 16.9. The van der Waals surface area contributed by atoms with E-state index < -0.39 is 0 Å². The Kier molecular flexibility index (Phi) is 12.2. The summed E-state index contributed by atoms with van der Waals surface area (Å²) in [4.78, 5) is 10.3. The monoisotopic (exact) mass is 665 g/mol. The second-order valence-electron chi connectivity index (χ2n) is 12.6. The molecule has 246 valence electrons. The van der Waals surface area contributed by atoms with Gasteiger partial charge in [-0.3, -0.25) is 9.80 Å². The van der Waals surface area contributed by atoms with Crippen LogP contribution in [0.15, 0.2) is 91.5 Å². The maximum atomic E-state index is 2.63. The number of aromatic nitrogens is 2.